The summed E-state index contributed by atoms with van der Waals surface area (Å²) in [5.41, 5.74) is 12.2. The van der Waals surface area contributed by atoms with Crippen molar-refractivity contribution in [3.05, 3.63) is 60.5 Å². The molecule has 0 saturated heterocycles. The number of anilines is 1. The lowest BCUT2D eigenvalue weighted by Gasteiger charge is -2.08. The Morgan fingerprint density at radius 1 is 1.37 bits per heavy atom. The first kappa shape index (κ1) is 13.8. The van der Waals surface area contributed by atoms with E-state index in [-0.39, 0.29) is 0 Å². The van der Waals surface area contributed by atoms with Crippen molar-refractivity contribution in [1.82, 2.24) is 0 Å². The first-order chi connectivity index (χ1) is 9.06. The Labute approximate surface area is 119 Å². The van der Waals surface area contributed by atoms with Crippen LogP contribution < -0.4 is 11.1 Å². The lowest BCUT2D eigenvalue weighted by molar-refractivity contribution is 1.09. The number of thioether (sulfide) groups is 1. The highest BCUT2D eigenvalue weighted by atomic mass is 32.2. The number of fused-ring (bicyclic) bond motifs is 1. The minimum Gasteiger partial charge on any atom is -0.402 e. The van der Waals surface area contributed by atoms with E-state index in [1.165, 1.54) is 16.8 Å². The van der Waals surface area contributed by atoms with Gasteiger partial charge in [-0.3, -0.25) is 0 Å². The van der Waals surface area contributed by atoms with Gasteiger partial charge in [-0.25, -0.2) is 0 Å². The smallest absolute Gasteiger partial charge is 0.0418 e. The molecule has 19 heavy (non-hydrogen) atoms. The first-order valence-electron chi connectivity index (χ1n) is 6.33. The van der Waals surface area contributed by atoms with Crippen LogP contribution >= 0.6 is 11.8 Å². The molecule has 0 aliphatic carbocycles. The van der Waals surface area contributed by atoms with Gasteiger partial charge in [0.05, 0.1) is 0 Å². The second-order valence-corrected chi connectivity index (χ2v) is 5.95. The van der Waals surface area contributed by atoms with Crippen LogP contribution in [0.25, 0.3) is 5.57 Å². The van der Waals surface area contributed by atoms with Gasteiger partial charge in [0, 0.05) is 29.3 Å². The van der Waals surface area contributed by atoms with Crippen molar-refractivity contribution in [2.24, 2.45) is 5.73 Å². The van der Waals surface area contributed by atoms with Gasteiger partial charge in [-0.15, -0.1) is 0 Å². The lowest BCUT2D eigenvalue weighted by Crippen LogP contribution is -1.97. The maximum atomic E-state index is 5.55. The fourth-order valence-electron chi connectivity index (χ4n) is 2.03. The molecule has 0 amide bonds. The van der Waals surface area contributed by atoms with Gasteiger partial charge in [0.2, 0.25) is 0 Å². The fourth-order valence-corrected chi connectivity index (χ4v) is 2.99. The Balaban J connectivity index is 1.91. The molecular formula is C16H20N2S. The zero-order valence-electron chi connectivity index (χ0n) is 11.2. The summed E-state index contributed by atoms with van der Waals surface area (Å²) in [5.74, 6) is 1.93. The highest BCUT2D eigenvalue weighted by molar-refractivity contribution is 7.99. The van der Waals surface area contributed by atoms with Gasteiger partial charge >= 0.3 is 0 Å². The van der Waals surface area contributed by atoms with Crippen LogP contribution in [0.2, 0.25) is 0 Å². The molecule has 0 spiro atoms. The van der Waals surface area contributed by atoms with Crippen LogP contribution in [-0.4, -0.2) is 11.5 Å². The zero-order chi connectivity index (χ0) is 13.8. The summed E-state index contributed by atoms with van der Waals surface area (Å²) >= 11 is 1.84. The number of rotatable bonds is 6. The second-order valence-electron chi connectivity index (χ2n) is 4.84. The van der Waals surface area contributed by atoms with Crippen LogP contribution in [0.15, 0.2) is 49.3 Å². The van der Waals surface area contributed by atoms with Crippen molar-refractivity contribution in [3.8, 4) is 0 Å². The van der Waals surface area contributed by atoms with E-state index in [0.29, 0.717) is 0 Å². The highest BCUT2D eigenvalue weighted by Crippen LogP contribution is 2.30. The summed E-state index contributed by atoms with van der Waals surface area (Å²) in [6, 6.07) is 6.45. The van der Waals surface area contributed by atoms with Gasteiger partial charge in [0.15, 0.2) is 0 Å². The van der Waals surface area contributed by atoms with E-state index in [1.807, 2.05) is 11.8 Å². The molecule has 1 heterocycles. The molecule has 1 aromatic rings. The van der Waals surface area contributed by atoms with E-state index in [4.69, 9.17) is 5.73 Å². The van der Waals surface area contributed by atoms with Crippen molar-refractivity contribution in [1.29, 1.82) is 0 Å². The molecule has 1 aliphatic heterocycles. The Bertz CT molecular complexity index is 532. The van der Waals surface area contributed by atoms with Crippen molar-refractivity contribution < 1.29 is 0 Å². The third-order valence-electron chi connectivity index (χ3n) is 3.07. The predicted molar refractivity (Wildman–Crippen MR) is 87.2 cm³/mol. The van der Waals surface area contributed by atoms with Crippen LogP contribution in [0.5, 0.6) is 0 Å². The van der Waals surface area contributed by atoms with Gasteiger partial charge in [-0.1, -0.05) is 25.8 Å². The van der Waals surface area contributed by atoms with E-state index in [9.17, 15) is 0 Å². The number of allylic oxidation sites excluding steroid dienone is 2. The molecule has 0 fully saturated rings. The maximum Gasteiger partial charge on any atom is 0.0418 e. The van der Waals surface area contributed by atoms with Crippen molar-refractivity contribution in [3.63, 3.8) is 0 Å². The molecule has 0 bridgehead atoms. The Morgan fingerprint density at radius 2 is 2.16 bits per heavy atom. The summed E-state index contributed by atoms with van der Waals surface area (Å²) in [6.07, 6.45) is 1.78. The van der Waals surface area contributed by atoms with E-state index < -0.39 is 0 Å². The van der Waals surface area contributed by atoms with Gasteiger partial charge in [0.25, 0.3) is 0 Å². The number of nitrogens with two attached hydrogens (primary N) is 1. The Morgan fingerprint density at radius 3 is 2.89 bits per heavy atom. The van der Waals surface area contributed by atoms with Gasteiger partial charge < -0.3 is 11.1 Å². The minimum atomic E-state index is 0.750. The standard InChI is InChI=1S/C16H20N2S/c1-11(10-19-7-6-12(2)17)14-4-5-16-15(9-14)8-13(3)18-16/h4-5,9,18H,1-3,6-8,10,17H2. The Hall–Kier alpha value is -1.61. The normalized spacial score (nSPS) is 12.9. The third-order valence-corrected chi connectivity index (χ3v) is 4.12. The maximum absolute atomic E-state index is 5.55. The quantitative estimate of drug-likeness (QED) is 0.774. The number of benzene rings is 1. The average molecular weight is 272 g/mol. The molecule has 100 valence electrons. The molecule has 2 nitrogen and oxygen atoms in total. The topological polar surface area (TPSA) is 38.0 Å². The van der Waals surface area contributed by atoms with Crippen molar-refractivity contribution in [2.75, 3.05) is 16.8 Å². The SMILES string of the molecule is C=C(N)CCSCC(=C)c1ccc2c(c1)CC(=C)N2. The number of hydrogen-bond donors (Lipinski definition) is 2. The molecule has 0 aromatic heterocycles. The fraction of sp³-hybridized carbons (Fsp3) is 0.250. The number of nitrogens with one attached hydrogen (secondary N) is 1. The summed E-state index contributed by atoms with van der Waals surface area (Å²) in [5, 5.41) is 3.28. The molecule has 1 aliphatic rings. The molecule has 3 heteroatoms. The minimum absolute atomic E-state index is 0.750. The molecule has 0 saturated carbocycles. The Kier molecular flexibility index (Phi) is 4.38. The molecule has 3 N–H and O–H groups in total. The molecule has 2 rings (SSSR count). The summed E-state index contributed by atoms with van der Waals surface area (Å²) in [4.78, 5) is 0. The molecule has 0 unspecified atom stereocenters. The van der Waals surface area contributed by atoms with Crippen LogP contribution in [0, 0.1) is 0 Å². The molecule has 0 atom stereocenters. The van der Waals surface area contributed by atoms with Gasteiger partial charge in [-0.05, 0) is 41.0 Å². The van der Waals surface area contributed by atoms with Crippen molar-refractivity contribution in [2.45, 2.75) is 12.8 Å². The number of hydrogen-bond acceptors (Lipinski definition) is 3. The monoisotopic (exact) mass is 272 g/mol. The lowest BCUT2D eigenvalue weighted by atomic mass is 10.0. The summed E-state index contributed by atoms with van der Waals surface area (Å²) in [7, 11) is 0. The zero-order valence-corrected chi connectivity index (χ0v) is 12.0. The second kappa shape index (κ2) is 6.02. The van der Waals surface area contributed by atoms with Crippen LogP contribution in [-0.2, 0) is 6.42 Å². The average Bonchev–Trinajstić information content (AvgIpc) is 2.73. The largest absolute Gasteiger partial charge is 0.402 e. The van der Waals surface area contributed by atoms with Crippen LogP contribution in [0.1, 0.15) is 17.5 Å². The van der Waals surface area contributed by atoms with Gasteiger partial charge in [0.1, 0.15) is 0 Å². The summed E-state index contributed by atoms with van der Waals surface area (Å²) in [6.45, 7) is 11.8. The van der Waals surface area contributed by atoms with E-state index in [1.54, 1.807) is 0 Å². The predicted octanol–water partition coefficient (Wildman–Crippen LogP) is 3.78. The molecule has 1 aromatic carbocycles. The van der Waals surface area contributed by atoms with Crippen LogP contribution in [0.4, 0.5) is 5.69 Å². The molecule has 0 radical (unpaired) electrons. The van der Waals surface area contributed by atoms with Crippen LogP contribution in [0.3, 0.4) is 0 Å². The van der Waals surface area contributed by atoms with Gasteiger partial charge in [-0.2, -0.15) is 11.8 Å². The van der Waals surface area contributed by atoms with E-state index in [2.05, 4.69) is 43.3 Å². The van der Waals surface area contributed by atoms with Crippen molar-refractivity contribution >= 4 is 23.0 Å². The van der Waals surface area contributed by atoms with E-state index >= 15 is 0 Å². The third kappa shape index (κ3) is 3.67. The highest BCUT2D eigenvalue weighted by Gasteiger charge is 2.13. The summed E-state index contributed by atoms with van der Waals surface area (Å²) < 4.78 is 0. The first-order valence-corrected chi connectivity index (χ1v) is 7.48. The van der Waals surface area contributed by atoms with E-state index in [0.717, 1.165) is 41.3 Å². The molecular weight excluding hydrogens is 252 g/mol.